The first-order valence-corrected chi connectivity index (χ1v) is 35.6. The van der Waals surface area contributed by atoms with Gasteiger partial charge in [0.15, 0.2) is 11.3 Å². The molecule has 12 rings (SSSR count). The van der Waals surface area contributed by atoms with E-state index in [4.69, 9.17) is 34.3 Å². The lowest BCUT2D eigenvalue weighted by Gasteiger charge is -2.42. The molecule has 0 spiro atoms. The number of ether oxygens (including phenoxy) is 3. The van der Waals surface area contributed by atoms with Gasteiger partial charge in [0, 0.05) is 85.7 Å². The Morgan fingerprint density at radius 1 is 0.856 bits per heavy atom. The van der Waals surface area contributed by atoms with Gasteiger partial charge in [-0.25, -0.2) is 14.2 Å². The van der Waals surface area contributed by atoms with E-state index < -0.39 is 52.6 Å². The van der Waals surface area contributed by atoms with Crippen LogP contribution in [0.4, 0.5) is 20.8 Å². The van der Waals surface area contributed by atoms with Crippen LogP contribution in [0.25, 0.3) is 38.1 Å². The quantitative estimate of drug-likeness (QED) is 0.0423. The summed E-state index contributed by atoms with van der Waals surface area (Å²) in [6.45, 7) is 24.8. The number of alkyl halides is 1. The van der Waals surface area contributed by atoms with Gasteiger partial charge in [-0.3, -0.25) is 24.3 Å². The van der Waals surface area contributed by atoms with E-state index in [0.29, 0.717) is 55.5 Å². The third-order valence-electron chi connectivity index (χ3n) is 19.6. The number of amides is 4. The number of β-amino-alcohol motifs (C(OH)–C–C–N with tert-alkyl or cyclic N) is 1. The summed E-state index contributed by atoms with van der Waals surface area (Å²) in [5.74, 6) is 0.0885. The third kappa shape index (κ3) is 16.4. The Labute approximate surface area is 571 Å². The SMILES string of the molecule is Cc1ncsc1-c1ccc(CNC(=O)[C@@H]2C[C@@H](O)CN2C(=O)[C@@H](NC(=O)C2(F)CC2)C(C)(C)C)c(OCCN2CCC(N3CCC(CNc4ccc5c(-c6ccccc6CNc6nc(O[C@@H]7CCCN(C(=O)OC(C)(C)C)C7)nc7c(C(C)C)cnn67)nccc5c4)CC3)CC2)c1. The Hall–Kier alpha value is -8.06. The standard InChI is InChI=1S/C73H95FN14O8S/c1-45(2)58-41-80-88-64(58)82-69(95-55-14-12-28-86(43-55)70(93)96-72(7,8)9)83-68(88)78-39-50-13-10-11-15-56(50)61-57-19-18-52(35-48(57)20-27-75-61)76-38-47-21-31-85(32-22-47)53-23-29-84(30-24-53)33-34-94-60-36-49(62-46(3)79-44-97-62)16-17-51(60)40-77-65(90)59-37-54(89)42-87(59)66(91)63(71(4,5)6)81-67(92)73(74)25-26-73/h10-11,13,15-20,27,35-36,41,44-45,47,53-55,59,63,76,89H,12,14,21-26,28-34,37-40,42-43H2,1-9H3,(H,77,90)(H,81,92)(H,78,82,83)/t54-,55-,59+,63-/m1/s1. The lowest BCUT2D eigenvalue weighted by Crippen LogP contribution is -2.59. The number of aryl methyl sites for hydroxylation is 1. The van der Waals surface area contributed by atoms with Crippen molar-refractivity contribution in [1.29, 1.82) is 0 Å². The molecule has 1 aliphatic carbocycles. The average molecular weight is 1350 g/mol. The molecule has 5 fully saturated rings. The molecule has 0 radical (unpaired) electrons. The van der Waals surface area contributed by atoms with Gasteiger partial charge in [-0.2, -0.15) is 19.6 Å². The second kappa shape index (κ2) is 29.2. The molecular weight excluding hydrogens is 1250 g/mol. The van der Waals surface area contributed by atoms with Crippen LogP contribution in [-0.2, 0) is 32.2 Å². The van der Waals surface area contributed by atoms with Crippen molar-refractivity contribution in [3.8, 4) is 33.5 Å². The fourth-order valence-corrected chi connectivity index (χ4v) is 14.7. The highest BCUT2D eigenvalue weighted by Gasteiger charge is 2.53. The van der Waals surface area contributed by atoms with Crippen LogP contribution < -0.4 is 30.7 Å². The molecule has 4 atom stereocenters. The maximum absolute atomic E-state index is 14.8. The summed E-state index contributed by atoms with van der Waals surface area (Å²) in [7, 11) is 0. The maximum Gasteiger partial charge on any atom is 0.410 e. The molecule has 4 amide bonds. The van der Waals surface area contributed by atoms with E-state index in [1.807, 2.05) is 75.9 Å². The van der Waals surface area contributed by atoms with Gasteiger partial charge in [-0.05, 0) is 163 Å². The number of carbonyl (C=O) groups is 4. The molecule has 8 heterocycles. The normalized spacial score (nSPS) is 20.1. The largest absolute Gasteiger partial charge is 0.492 e. The lowest BCUT2D eigenvalue weighted by atomic mass is 9.85. The van der Waals surface area contributed by atoms with E-state index in [0.717, 1.165) is 138 Å². The molecule has 0 bridgehead atoms. The molecule has 5 N–H and O–H groups in total. The van der Waals surface area contributed by atoms with Crippen LogP contribution in [0.1, 0.15) is 141 Å². The number of pyridine rings is 1. The number of fused-ring (bicyclic) bond motifs is 2. The molecule has 22 nitrogen and oxygen atoms in total. The maximum atomic E-state index is 14.8. The van der Waals surface area contributed by atoms with E-state index in [-0.39, 0.29) is 56.5 Å². The lowest BCUT2D eigenvalue weighted by molar-refractivity contribution is -0.145. The number of likely N-dealkylation sites (tertiary alicyclic amines) is 4. The number of rotatable bonds is 22. The topological polar surface area (TPSA) is 246 Å². The highest BCUT2D eigenvalue weighted by atomic mass is 32.1. The summed E-state index contributed by atoms with van der Waals surface area (Å²) < 4.78 is 35.3. The highest BCUT2D eigenvalue weighted by molar-refractivity contribution is 7.13. The van der Waals surface area contributed by atoms with E-state index in [2.05, 4.69) is 86.3 Å². The number of carbonyl (C=O) groups excluding carboxylic acids is 4. The fraction of sp³-hybridized carbons (Fsp3) is 0.548. The van der Waals surface area contributed by atoms with Crippen molar-refractivity contribution in [2.75, 3.05) is 76.1 Å². The smallest absolute Gasteiger partial charge is 0.410 e. The average Bonchev–Trinajstić information content (AvgIpc) is 1.75. The Balaban J connectivity index is 0.614. The minimum atomic E-state index is -1.97. The van der Waals surface area contributed by atoms with Crippen LogP contribution in [-0.4, -0.2) is 185 Å². The molecule has 24 heteroatoms. The van der Waals surface area contributed by atoms with Crippen LogP contribution >= 0.6 is 11.3 Å². The number of benzene rings is 3. The number of thiazole rings is 1. The Morgan fingerprint density at radius 3 is 2.37 bits per heavy atom. The summed E-state index contributed by atoms with van der Waals surface area (Å²) in [4.78, 5) is 82.3. The number of aliphatic hydroxyl groups excluding tert-OH is 1. The summed E-state index contributed by atoms with van der Waals surface area (Å²) in [6.07, 6.45) is 8.39. The van der Waals surface area contributed by atoms with Gasteiger partial charge < -0.3 is 55.3 Å². The molecule has 518 valence electrons. The summed E-state index contributed by atoms with van der Waals surface area (Å²) in [5.41, 5.74) is 6.80. The molecule has 5 aliphatic rings. The predicted molar refractivity (Wildman–Crippen MR) is 373 cm³/mol. The van der Waals surface area contributed by atoms with Crippen LogP contribution in [0.3, 0.4) is 0 Å². The number of piperidine rings is 3. The van der Waals surface area contributed by atoms with Crippen LogP contribution in [0.2, 0.25) is 0 Å². The third-order valence-corrected chi connectivity index (χ3v) is 20.6. The monoisotopic (exact) mass is 1350 g/mol. The van der Waals surface area contributed by atoms with E-state index >= 15 is 0 Å². The molecule has 0 unspecified atom stereocenters. The van der Waals surface area contributed by atoms with Crippen molar-refractivity contribution in [3.63, 3.8) is 0 Å². The number of aromatic nitrogens is 6. The number of hydrogen-bond acceptors (Lipinski definition) is 18. The molecule has 4 aromatic heterocycles. The van der Waals surface area contributed by atoms with E-state index in [1.54, 1.807) is 41.5 Å². The Morgan fingerprint density at radius 2 is 1.64 bits per heavy atom. The summed E-state index contributed by atoms with van der Waals surface area (Å²) in [6, 6.07) is 21.6. The predicted octanol–water partition coefficient (Wildman–Crippen LogP) is 10.6. The first-order valence-electron chi connectivity index (χ1n) is 34.7. The second-order valence-corrected chi connectivity index (χ2v) is 30.3. The van der Waals surface area contributed by atoms with Crippen molar-refractivity contribution in [1.82, 2.24) is 59.8 Å². The molecule has 1 saturated carbocycles. The van der Waals surface area contributed by atoms with E-state index in [9.17, 15) is 28.7 Å². The molecule has 7 aromatic rings. The Kier molecular flexibility index (Phi) is 20.7. The van der Waals surface area contributed by atoms with Crippen molar-refractivity contribution in [3.05, 3.63) is 107 Å². The summed E-state index contributed by atoms with van der Waals surface area (Å²) >= 11 is 1.56. The number of nitrogens with zero attached hydrogens (tertiary/aromatic N) is 10. The van der Waals surface area contributed by atoms with Gasteiger partial charge in [0.1, 0.15) is 36.1 Å². The van der Waals surface area contributed by atoms with Gasteiger partial charge in [0.05, 0.1) is 40.6 Å². The number of hydrogen-bond donors (Lipinski definition) is 5. The first kappa shape index (κ1) is 68.9. The zero-order valence-corrected chi connectivity index (χ0v) is 58.4. The van der Waals surface area contributed by atoms with Crippen molar-refractivity contribution in [2.45, 2.75) is 181 Å². The minimum absolute atomic E-state index is 0.0371. The van der Waals surface area contributed by atoms with Gasteiger partial charge >= 0.3 is 12.1 Å². The Bertz CT molecular complexity index is 3960. The van der Waals surface area contributed by atoms with Gasteiger partial charge in [0.2, 0.25) is 17.8 Å². The molecule has 97 heavy (non-hydrogen) atoms. The number of aliphatic hydroxyl groups is 1. The van der Waals surface area contributed by atoms with Gasteiger partial charge in [0.25, 0.3) is 5.91 Å². The van der Waals surface area contributed by atoms with Crippen molar-refractivity contribution < 1.29 is 42.9 Å². The van der Waals surface area contributed by atoms with Crippen molar-refractivity contribution in [2.24, 2.45) is 11.3 Å². The molecule has 3 aromatic carbocycles. The van der Waals surface area contributed by atoms with Crippen LogP contribution in [0.15, 0.2) is 84.6 Å². The first-order chi connectivity index (χ1) is 46.4. The fourth-order valence-electron chi connectivity index (χ4n) is 13.9. The van der Waals surface area contributed by atoms with Gasteiger partial charge in [-0.1, -0.05) is 77.1 Å². The highest BCUT2D eigenvalue weighted by Crippen LogP contribution is 2.41. The summed E-state index contributed by atoms with van der Waals surface area (Å²) in [5, 5.41) is 30.7. The van der Waals surface area contributed by atoms with E-state index in [1.165, 1.54) is 4.90 Å². The minimum Gasteiger partial charge on any atom is -0.492 e. The van der Waals surface area contributed by atoms with Gasteiger partial charge in [-0.15, -0.1) is 11.3 Å². The van der Waals surface area contributed by atoms with Crippen molar-refractivity contribution >= 4 is 63.2 Å². The van der Waals surface area contributed by atoms with Crippen LogP contribution in [0.5, 0.6) is 11.8 Å². The zero-order valence-electron chi connectivity index (χ0n) is 57.5. The number of halogens is 1. The number of nitrogens with one attached hydrogen (secondary N) is 4. The van der Waals surface area contributed by atoms with Crippen LogP contribution in [0, 0.1) is 18.3 Å². The number of anilines is 2. The second-order valence-electron chi connectivity index (χ2n) is 29.5. The zero-order chi connectivity index (χ0) is 68.3. The molecule has 4 aliphatic heterocycles. The molecule has 4 saturated heterocycles. The molecular formula is C73H95FN14O8S.